The molecule has 0 radical (unpaired) electrons. The predicted octanol–water partition coefficient (Wildman–Crippen LogP) is 3.20. The minimum Gasteiger partial charge on any atom is -0.493 e. The van der Waals surface area contributed by atoms with E-state index in [4.69, 9.17) is 9.47 Å². The van der Waals surface area contributed by atoms with Crippen LogP contribution in [0.2, 0.25) is 0 Å². The highest BCUT2D eigenvalue weighted by Gasteiger charge is 2.63. The molecule has 0 bridgehead atoms. The van der Waals surface area contributed by atoms with Gasteiger partial charge in [0.25, 0.3) is 0 Å². The first-order chi connectivity index (χ1) is 16.1. The average molecular weight is 446 g/mol. The predicted molar refractivity (Wildman–Crippen MR) is 117 cm³/mol. The molecule has 1 saturated carbocycles. The highest BCUT2D eigenvalue weighted by molar-refractivity contribution is 6.01. The molecule has 2 aliphatic rings. The van der Waals surface area contributed by atoms with Gasteiger partial charge in [0.05, 0.1) is 43.1 Å². The molecule has 166 valence electrons. The number of fused-ring (bicyclic) bond motifs is 2. The van der Waals surface area contributed by atoms with Crippen molar-refractivity contribution in [3.8, 4) is 28.3 Å². The fourth-order valence-electron chi connectivity index (χ4n) is 4.45. The van der Waals surface area contributed by atoms with Crippen molar-refractivity contribution in [2.24, 2.45) is 11.3 Å². The van der Waals surface area contributed by atoms with Crippen molar-refractivity contribution in [1.29, 1.82) is 0 Å². The molecule has 2 unspecified atom stereocenters. The summed E-state index contributed by atoms with van der Waals surface area (Å²) in [5, 5.41) is 10.0. The maximum Gasteiger partial charge on any atom is 0.234 e. The van der Waals surface area contributed by atoms with Gasteiger partial charge in [-0.25, -0.2) is 19.3 Å². The van der Waals surface area contributed by atoms with E-state index in [-0.39, 0.29) is 17.6 Å². The Balaban J connectivity index is 1.44. The zero-order valence-corrected chi connectivity index (χ0v) is 17.6. The zero-order valence-electron chi connectivity index (χ0n) is 17.6. The van der Waals surface area contributed by atoms with E-state index in [0.717, 1.165) is 12.0 Å². The number of methoxy groups -OCH3 is 1. The monoisotopic (exact) mass is 446 g/mol. The number of aromatic nitrogens is 5. The Hall–Kier alpha value is -3.92. The summed E-state index contributed by atoms with van der Waals surface area (Å²) in [7, 11) is 1.51. The maximum absolute atomic E-state index is 13.4. The molecule has 1 amide bonds. The van der Waals surface area contributed by atoms with Gasteiger partial charge in [-0.3, -0.25) is 9.89 Å². The first-order valence-electron chi connectivity index (χ1n) is 10.5. The summed E-state index contributed by atoms with van der Waals surface area (Å²) in [5.74, 6) is 0.506. The van der Waals surface area contributed by atoms with Crippen molar-refractivity contribution >= 4 is 22.8 Å². The van der Waals surface area contributed by atoms with E-state index in [0.29, 0.717) is 52.8 Å². The molecule has 1 aliphatic carbocycles. The first kappa shape index (κ1) is 19.7. The number of nitrogens with zero attached hydrogens (tertiary/aromatic N) is 4. The second kappa shape index (κ2) is 7.31. The van der Waals surface area contributed by atoms with Crippen LogP contribution in [-0.4, -0.2) is 51.4 Å². The largest absolute Gasteiger partial charge is 0.493 e. The lowest BCUT2D eigenvalue weighted by molar-refractivity contribution is -0.121. The lowest BCUT2D eigenvalue weighted by Gasteiger charge is -2.15. The zero-order chi connectivity index (χ0) is 22.6. The van der Waals surface area contributed by atoms with Crippen LogP contribution in [-0.2, 0) is 9.53 Å². The standard InChI is InChI=1S/C23H19FN6O3/c1-32-17-6-16-20(28-21(17)29-22(31)23-7-13(23)9-33-10-23)19(26-11-25-16)15-8-27-30-18(15)12-2-4-14(24)5-3-12/h2-6,8,11,13H,7,9-10H2,1H3,(H,27,30)(H,28,29,31). The number of pyridine rings is 1. The van der Waals surface area contributed by atoms with E-state index in [1.807, 2.05) is 0 Å². The number of hydrogen-bond acceptors (Lipinski definition) is 7. The SMILES string of the molecule is COc1cc2ncnc(-c3cn[nH]c3-c3ccc(F)cc3)c2nc1NC(=O)C12COCC1C2. The number of halogens is 1. The van der Waals surface area contributed by atoms with Crippen molar-refractivity contribution in [1.82, 2.24) is 25.1 Å². The van der Waals surface area contributed by atoms with E-state index in [1.165, 1.54) is 25.6 Å². The Bertz CT molecular complexity index is 1390. The van der Waals surface area contributed by atoms with E-state index < -0.39 is 5.41 Å². The molecule has 33 heavy (non-hydrogen) atoms. The van der Waals surface area contributed by atoms with Gasteiger partial charge in [0.15, 0.2) is 11.6 Å². The topological polar surface area (TPSA) is 115 Å². The smallest absolute Gasteiger partial charge is 0.234 e. The van der Waals surface area contributed by atoms with Gasteiger partial charge in [-0.1, -0.05) is 0 Å². The number of amides is 1. The number of carbonyl (C=O) groups excluding carboxylic acids is 1. The Morgan fingerprint density at radius 1 is 1.30 bits per heavy atom. The molecule has 2 N–H and O–H groups in total. The summed E-state index contributed by atoms with van der Waals surface area (Å²) in [6, 6.07) is 7.80. The molecule has 6 rings (SSSR count). The molecule has 10 heteroatoms. The van der Waals surface area contributed by atoms with Gasteiger partial charge in [-0.15, -0.1) is 0 Å². The van der Waals surface area contributed by atoms with Crippen LogP contribution in [0.25, 0.3) is 33.5 Å². The van der Waals surface area contributed by atoms with Crippen LogP contribution in [0.4, 0.5) is 10.2 Å². The van der Waals surface area contributed by atoms with Gasteiger partial charge in [-0.05, 0) is 30.7 Å². The molecular formula is C23H19FN6O3. The molecule has 2 atom stereocenters. The number of carbonyl (C=O) groups is 1. The summed E-state index contributed by atoms with van der Waals surface area (Å²) in [4.78, 5) is 26.5. The Morgan fingerprint density at radius 3 is 2.88 bits per heavy atom. The van der Waals surface area contributed by atoms with Gasteiger partial charge >= 0.3 is 0 Å². The van der Waals surface area contributed by atoms with Gasteiger partial charge in [0.2, 0.25) is 5.91 Å². The van der Waals surface area contributed by atoms with E-state index in [1.54, 1.807) is 24.4 Å². The normalized spacial score (nSPS) is 21.1. The summed E-state index contributed by atoms with van der Waals surface area (Å²) < 4.78 is 24.3. The number of rotatable bonds is 5. The molecule has 4 aromatic rings. The molecule has 3 aromatic heterocycles. The number of aromatic amines is 1. The molecule has 0 spiro atoms. The molecule has 1 aliphatic heterocycles. The summed E-state index contributed by atoms with van der Waals surface area (Å²) in [6.45, 7) is 1.03. The third kappa shape index (κ3) is 3.13. The van der Waals surface area contributed by atoms with Crippen LogP contribution >= 0.6 is 0 Å². The molecular weight excluding hydrogens is 427 g/mol. The van der Waals surface area contributed by atoms with Gasteiger partial charge < -0.3 is 14.8 Å². The van der Waals surface area contributed by atoms with Crippen LogP contribution in [0, 0.1) is 17.2 Å². The van der Waals surface area contributed by atoms with Crippen LogP contribution < -0.4 is 10.1 Å². The van der Waals surface area contributed by atoms with E-state index in [2.05, 4.69) is 30.5 Å². The molecule has 4 heterocycles. The van der Waals surface area contributed by atoms with Crippen molar-refractivity contribution in [2.45, 2.75) is 6.42 Å². The second-order valence-electron chi connectivity index (χ2n) is 8.32. The third-order valence-electron chi connectivity index (χ3n) is 6.42. The number of benzene rings is 1. The summed E-state index contributed by atoms with van der Waals surface area (Å²) in [6.07, 6.45) is 3.88. The fourth-order valence-corrected chi connectivity index (χ4v) is 4.45. The van der Waals surface area contributed by atoms with Crippen LogP contribution in [0.3, 0.4) is 0 Å². The van der Waals surface area contributed by atoms with E-state index in [9.17, 15) is 9.18 Å². The minimum absolute atomic E-state index is 0.121. The number of nitrogens with one attached hydrogen (secondary N) is 2. The Kier molecular flexibility index (Phi) is 4.37. The van der Waals surface area contributed by atoms with Crippen LogP contribution in [0.15, 0.2) is 42.9 Å². The van der Waals surface area contributed by atoms with Crippen molar-refractivity contribution in [3.63, 3.8) is 0 Å². The molecule has 9 nitrogen and oxygen atoms in total. The first-order valence-corrected chi connectivity index (χ1v) is 10.5. The van der Waals surface area contributed by atoms with Crippen molar-refractivity contribution in [2.75, 3.05) is 25.6 Å². The maximum atomic E-state index is 13.4. The third-order valence-corrected chi connectivity index (χ3v) is 6.42. The number of hydrogen-bond donors (Lipinski definition) is 2. The second-order valence-corrected chi connectivity index (χ2v) is 8.32. The lowest BCUT2D eigenvalue weighted by Crippen LogP contribution is -2.27. The Labute approximate surface area is 187 Å². The Morgan fingerprint density at radius 2 is 2.15 bits per heavy atom. The van der Waals surface area contributed by atoms with E-state index >= 15 is 0 Å². The molecule has 2 fully saturated rings. The lowest BCUT2D eigenvalue weighted by atomic mass is 10.0. The summed E-state index contributed by atoms with van der Waals surface area (Å²) in [5.41, 5.74) is 3.17. The van der Waals surface area contributed by atoms with Gasteiger partial charge in [-0.2, -0.15) is 5.10 Å². The number of H-pyrrole nitrogens is 1. The average Bonchev–Trinajstić information content (AvgIpc) is 3.16. The highest BCUT2D eigenvalue weighted by atomic mass is 19.1. The van der Waals surface area contributed by atoms with Crippen LogP contribution in [0.5, 0.6) is 5.75 Å². The number of anilines is 1. The minimum atomic E-state index is -0.474. The van der Waals surface area contributed by atoms with Crippen LogP contribution in [0.1, 0.15) is 6.42 Å². The van der Waals surface area contributed by atoms with Gasteiger partial charge in [0.1, 0.15) is 23.4 Å². The summed E-state index contributed by atoms with van der Waals surface area (Å²) >= 11 is 0. The molecule has 1 saturated heterocycles. The number of ether oxygens (including phenoxy) is 2. The quantitative estimate of drug-likeness (QED) is 0.484. The molecule has 1 aromatic carbocycles. The van der Waals surface area contributed by atoms with Gasteiger partial charge in [0, 0.05) is 23.1 Å². The van der Waals surface area contributed by atoms with Crippen molar-refractivity contribution < 1.29 is 18.7 Å². The highest BCUT2D eigenvalue weighted by Crippen LogP contribution is 2.57. The van der Waals surface area contributed by atoms with Crippen molar-refractivity contribution in [3.05, 3.63) is 48.7 Å². The fraction of sp³-hybridized carbons (Fsp3) is 0.261.